The van der Waals surface area contributed by atoms with Crippen molar-refractivity contribution in [3.8, 4) is 5.75 Å². The van der Waals surface area contributed by atoms with Crippen LogP contribution < -0.4 is 4.74 Å². The van der Waals surface area contributed by atoms with Crippen molar-refractivity contribution in [2.45, 2.75) is 6.42 Å². The van der Waals surface area contributed by atoms with Crippen LogP contribution in [0.3, 0.4) is 0 Å². The lowest BCUT2D eigenvalue weighted by atomic mass is 10.2. The zero-order valence-corrected chi connectivity index (χ0v) is 10.7. The van der Waals surface area contributed by atoms with Crippen molar-refractivity contribution in [3.63, 3.8) is 0 Å². The van der Waals surface area contributed by atoms with Crippen LogP contribution in [0.2, 0.25) is 5.02 Å². The molecule has 0 unspecified atom stereocenters. The Hall–Kier alpha value is -1.26. The lowest BCUT2D eigenvalue weighted by molar-refractivity contribution is 0.0697. The Morgan fingerprint density at radius 1 is 1.47 bits per heavy atom. The van der Waals surface area contributed by atoms with E-state index in [1.807, 2.05) is 14.1 Å². The second-order valence-corrected chi connectivity index (χ2v) is 4.36. The number of benzene rings is 1. The van der Waals surface area contributed by atoms with Crippen LogP contribution in [-0.2, 0) is 0 Å². The highest BCUT2D eigenvalue weighted by Gasteiger charge is 2.09. The topological polar surface area (TPSA) is 49.8 Å². The molecule has 0 bridgehead atoms. The van der Waals surface area contributed by atoms with E-state index in [9.17, 15) is 4.79 Å². The zero-order valence-electron chi connectivity index (χ0n) is 9.94. The van der Waals surface area contributed by atoms with Gasteiger partial charge in [0.05, 0.1) is 17.2 Å². The summed E-state index contributed by atoms with van der Waals surface area (Å²) in [7, 11) is 4.00. The van der Waals surface area contributed by atoms with Gasteiger partial charge < -0.3 is 14.7 Å². The average molecular weight is 258 g/mol. The molecule has 0 aliphatic rings. The lowest BCUT2D eigenvalue weighted by Crippen LogP contribution is -2.15. The van der Waals surface area contributed by atoms with Gasteiger partial charge in [0.1, 0.15) is 5.75 Å². The number of hydrogen-bond acceptors (Lipinski definition) is 3. The molecule has 0 heterocycles. The van der Waals surface area contributed by atoms with Gasteiger partial charge in [-0.05, 0) is 38.7 Å². The largest absolute Gasteiger partial charge is 0.493 e. The number of carbonyl (C=O) groups is 1. The van der Waals surface area contributed by atoms with Gasteiger partial charge in [-0.1, -0.05) is 11.6 Å². The first-order valence-electron chi connectivity index (χ1n) is 5.31. The van der Waals surface area contributed by atoms with Crippen LogP contribution >= 0.6 is 11.6 Å². The predicted molar refractivity (Wildman–Crippen MR) is 67.1 cm³/mol. The molecule has 0 amide bonds. The molecule has 1 rings (SSSR count). The van der Waals surface area contributed by atoms with E-state index in [4.69, 9.17) is 21.4 Å². The van der Waals surface area contributed by atoms with E-state index in [1.54, 1.807) is 6.07 Å². The van der Waals surface area contributed by atoms with Crippen LogP contribution in [-0.4, -0.2) is 43.2 Å². The number of ether oxygens (including phenoxy) is 1. The average Bonchev–Trinajstić information content (AvgIpc) is 2.23. The summed E-state index contributed by atoms with van der Waals surface area (Å²) in [6.07, 6.45) is 0.908. The van der Waals surface area contributed by atoms with Gasteiger partial charge in [0, 0.05) is 6.54 Å². The van der Waals surface area contributed by atoms with Crippen molar-refractivity contribution < 1.29 is 14.6 Å². The smallest absolute Gasteiger partial charge is 0.337 e. The van der Waals surface area contributed by atoms with Gasteiger partial charge >= 0.3 is 5.97 Å². The molecule has 0 atom stereocenters. The van der Waals surface area contributed by atoms with Gasteiger partial charge in [-0.25, -0.2) is 4.79 Å². The number of halogens is 1. The van der Waals surface area contributed by atoms with Crippen molar-refractivity contribution in [3.05, 3.63) is 28.8 Å². The molecular formula is C12H16ClNO3. The fourth-order valence-electron chi connectivity index (χ4n) is 1.33. The van der Waals surface area contributed by atoms with Gasteiger partial charge in [-0.15, -0.1) is 0 Å². The predicted octanol–water partition coefficient (Wildman–Crippen LogP) is 2.37. The molecular weight excluding hydrogens is 242 g/mol. The van der Waals surface area contributed by atoms with Crippen molar-refractivity contribution in [1.29, 1.82) is 0 Å². The Kier molecular flexibility index (Phi) is 5.25. The SMILES string of the molecule is CN(C)CCCOc1ccc(C(=O)O)c(Cl)c1. The van der Waals surface area contributed by atoms with Crippen LogP contribution in [0, 0.1) is 0 Å². The Morgan fingerprint density at radius 3 is 2.71 bits per heavy atom. The van der Waals surface area contributed by atoms with Crippen LogP contribution in [0.4, 0.5) is 0 Å². The van der Waals surface area contributed by atoms with Crippen molar-refractivity contribution in [2.24, 2.45) is 0 Å². The molecule has 0 aliphatic heterocycles. The first kappa shape index (κ1) is 13.8. The maximum Gasteiger partial charge on any atom is 0.337 e. The minimum Gasteiger partial charge on any atom is -0.493 e. The second-order valence-electron chi connectivity index (χ2n) is 3.95. The van der Waals surface area contributed by atoms with Gasteiger partial charge in [-0.2, -0.15) is 0 Å². The molecule has 0 aliphatic carbocycles. The first-order valence-corrected chi connectivity index (χ1v) is 5.69. The summed E-state index contributed by atoms with van der Waals surface area (Å²) in [5.41, 5.74) is 0.0901. The summed E-state index contributed by atoms with van der Waals surface area (Å²) in [4.78, 5) is 12.8. The molecule has 0 aromatic heterocycles. The van der Waals surface area contributed by atoms with E-state index in [0.717, 1.165) is 13.0 Å². The minimum absolute atomic E-state index is 0.0901. The minimum atomic E-state index is -1.03. The fraction of sp³-hybridized carbons (Fsp3) is 0.417. The highest BCUT2D eigenvalue weighted by molar-refractivity contribution is 6.33. The highest BCUT2D eigenvalue weighted by Crippen LogP contribution is 2.22. The standard InChI is InChI=1S/C12H16ClNO3/c1-14(2)6-3-7-17-9-4-5-10(12(15)16)11(13)8-9/h4-5,8H,3,6-7H2,1-2H3,(H,15,16). The third-order valence-electron chi connectivity index (χ3n) is 2.19. The second kappa shape index (κ2) is 6.47. The van der Waals surface area contributed by atoms with Gasteiger partial charge in [0.2, 0.25) is 0 Å². The zero-order chi connectivity index (χ0) is 12.8. The third-order valence-corrected chi connectivity index (χ3v) is 2.50. The number of aromatic carboxylic acids is 1. The van der Waals surface area contributed by atoms with Gasteiger partial charge in [0.25, 0.3) is 0 Å². The molecule has 0 fully saturated rings. The van der Waals surface area contributed by atoms with E-state index < -0.39 is 5.97 Å². The molecule has 94 valence electrons. The van der Waals surface area contributed by atoms with Gasteiger partial charge in [-0.3, -0.25) is 0 Å². The lowest BCUT2D eigenvalue weighted by Gasteiger charge is -2.10. The van der Waals surface area contributed by atoms with E-state index in [1.165, 1.54) is 12.1 Å². The van der Waals surface area contributed by atoms with Crippen molar-refractivity contribution in [1.82, 2.24) is 4.90 Å². The van der Waals surface area contributed by atoms with Crippen LogP contribution in [0.5, 0.6) is 5.75 Å². The number of nitrogens with zero attached hydrogens (tertiary/aromatic N) is 1. The summed E-state index contributed by atoms with van der Waals surface area (Å²) in [5, 5.41) is 9.00. The van der Waals surface area contributed by atoms with Crippen molar-refractivity contribution >= 4 is 17.6 Å². The number of hydrogen-bond donors (Lipinski definition) is 1. The number of rotatable bonds is 6. The Morgan fingerprint density at radius 2 is 2.18 bits per heavy atom. The molecule has 1 aromatic rings. The van der Waals surface area contributed by atoms with Crippen molar-refractivity contribution in [2.75, 3.05) is 27.2 Å². The molecule has 0 saturated heterocycles. The molecule has 5 heteroatoms. The van der Waals surface area contributed by atoms with E-state index >= 15 is 0 Å². The van der Waals surface area contributed by atoms with E-state index in [0.29, 0.717) is 12.4 Å². The molecule has 1 N–H and O–H groups in total. The maximum absolute atomic E-state index is 10.7. The summed E-state index contributed by atoms with van der Waals surface area (Å²) >= 11 is 5.82. The number of carboxylic acid groups (broad SMARTS) is 1. The maximum atomic E-state index is 10.7. The Bertz CT molecular complexity index is 393. The summed E-state index contributed by atoms with van der Waals surface area (Å²) in [5.74, 6) is -0.437. The van der Waals surface area contributed by atoms with Crippen LogP contribution in [0.1, 0.15) is 16.8 Å². The molecule has 1 aromatic carbocycles. The molecule has 0 spiro atoms. The molecule has 4 nitrogen and oxygen atoms in total. The fourth-order valence-corrected chi connectivity index (χ4v) is 1.58. The normalized spacial score (nSPS) is 10.6. The van der Waals surface area contributed by atoms with E-state index in [2.05, 4.69) is 4.90 Å². The number of carboxylic acids is 1. The molecule has 0 saturated carbocycles. The van der Waals surface area contributed by atoms with Crippen LogP contribution in [0.25, 0.3) is 0 Å². The van der Waals surface area contributed by atoms with E-state index in [-0.39, 0.29) is 10.6 Å². The Labute approximate surface area is 106 Å². The summed E-state index contributed by atoms with van der Waals surface area (Å²) in [6, 6.07) is 4.59. The first-order chi connectivity index (χ1) is 8.00. The summed E-state index contributed by atoms with van der Waals surface area (Å²) in [6.45, 7) is 1.53. The monoisotopic (exact) mass is 257 g/mol. The Balaban J connectivity index is 2.50. The van der Waals surface area contributed by atoms with Gasteiger partial charge in [0.15, 0.2) is 0 Å². The molecule has 0 radical (unpaired) electrons. The summed E-state index contributed by atoms with van der Waals surface area (Å²) < 4.78 is 5.47. The third kappa shape index (κ3) is 4.63. The quantitative estimate of drug-likeness (QED) is 0.795. The molecule has 17 heavy (non-hydrogen) atoms. The van der Waals surface area contributed by atoms with Crippen LogP contribution in [0.15, 0.2) is 18.2 Å². The highest BCUT2D eigenvalue weighted by atomic mass is 35.5.